The number of rotatable bonds is 5. The van der Waals surface area contributed by atoms with Crippen molar-refractivity contribution in [1.29, 1.82) is 0 Å². The van der Waals surface area contributed by atoms with E-state index in [-0.39, 0.29) is 18.5 Å². The molecule has 0 bridgehead atoms. The lowest BCUT2D eigenvalue weighted by Gasteiger charge is -2.30. The van der Waals surface area contributed by atoms with Crippen molar-refractivity contribution in [3.05, 3.63) is 0 Å². The standard InChI is InChI=1S/C9H18F2N2O2S/c1-2-13(16(14,15)9(10)11)8-5-3-4-7(8)6-12/h7-9H,2-6,12H2,1H3. The molecule has 0 aromatic heterocycles. The Labute approximate surface area is 94.8 Å². The molecule has 1 fully saturated rings. The van der Waals surface area contributed by atoms with Crippen molar-refractivity contribution in [2.24, 2.45) is 11.7 Å². The van der Waals surface area contributed by atoms with Crippen molar-refractivity contribution >= 4 is 10.0 Å². The highest BCUT2D eigenvalue weighted by Gasteiger charge is 2.40. The topological polar surface area (TPSA) is 63.4 Å². The van der Waals surface area contributed by atoms with Crippen LogP contribution in [0.25, 0.3) is 0 Å². The van der Waals surface area contributed by atoms with E-state index in [0.29, 0.717) is 13.0 Å². The molecule has 0 amide bonds. The van der Waals surface area contributed by atoms with Crippen LogP contribution in [0.3, 0.4) is 0 Å². The first-order valence-electron chi connectivity index (χ1n) is 5.44. The van der Waals surface area contributed by atoms with Crippen LogP contribution < -0.4 is 5.73 Å². The third-order valence-corrected chi connectivity index (χ3v) is 4.79. The molecule has 4 nitrogen and oxygen atoms in total. The molecule has 1 rings (SSSR count). The summed E-state index contributed by atoms with van der Waals surface area (Å²) in [6, 6.07) is -0.353. The summed E-state index contributed by atoms with van der Waals surface area (Å²) in [4.78, 5) is 0. The Morgan fingerprint density at radius 1 is 1.44 bits per heavy atom. The van der Waals surface area contributed by atoms with Gasteiger partial charge >= 0.3 is 5.76 Å². The molecule has 16 heavy (non-hydrogen) atoms. The smallest absolute Gasteiger partial charge is 0.330 e. The number of sulfonamides is 1. The minimum Gasteiger partial charge on any atom is -0.330 e. The Bertz CT molecular complexity index is 321. The second kappa shape index (κ2) is 5.37. The first-order chi connectivity index (χ1) is 7.45. The number of hydrogen-bond acceptors (Lipinski definition) is 3. The maximum absolute atomic E-state index is 12.5. The number of halogens is 2. The fourth-order valence-electron chi connectivity index (χ4n) is 2.38. The lowest BCUT2D eigenvalue weighted by molar-refractivity contribution is 0.200. The van der Waals surface area contributed by atoms with E-state index in [2.05, 4.69) is 0 Å². The van der Waals surface area contributed by atoms with Crippen LogP contribution in [0.4, 0.5) is 8.78 Å². The van der Waals surface area contributed by atoms with Crippen molar-refractivity contribution in [3.8, 4) is 0 Å². The van der Waals surface area contributed by atoms with Crippen LogP contribution >= 0.6 is 0 Å². The van der Waals surface area contributed by atoms with Gasteiger partial charge in [0.2, 0.25) is 0 Å². The Kier molecular flexibility index (Phi) is 4.63. The first-order valence-corrected chi connectivity index (χ1v) is 6.94. The van der Waals surface area contributed by atoms with Gasteiger partial charge < -0.3 is 5.73 Å². The third kappa shape index (κ3) is 2.52. The molecule has 7 heteroatoms. The Balaban J connectivity index is 2.90. The molecule has 0 heterocycles. The van der Waals surface area contributed by atoms with Gasteiger partial charge in [0, 0.05) is 12.6 Å². The molecular weight excluding hydrogens is 238 g/mol. The average molecular weight is 256 g/mol. The molecule has 1 aliphatic carbocycles. The Morgan fingerprint density at radius 3 is 2.50 bits per heavy atom. The highest BCUT2D eigenvalue weighted by Crippen LogP contribution is 2.32. The summed E-state index contributed by atoms with van der Waals surface area (Å²) in [6.45, 7) is 2.00. The zero-order valence-electron chi connectivity index (χ0n) is 9.27. The molecule has 2 atom stereocenters. The number of nitrogens with two attached hydrogens (primary N) is 1. The zero-order valence-corrected chi connectivity index (χ0v) is 10.1. The minimum atomic E-state index is -4.47. The van der Waals surface area contributed by atoms with Gasteiger partial charge in [0.15, 0.2) is 0 Å². The number of hydrogen-bond donors (Lipinski definition) is 1. The molecule has 0 aliphatic heterocycles. The fraction of sp³-hybridized carbons (Fsp3) is 1.00. The van der Waals surface area contributed by atoms with Gasteiger partial charge in [-0.3, -0.25) is 0 Å². The minimum absolute atomic E-state index is 0.00785. The van der Waals surface area contributed by atoms with Crippen molar-refractivity contribution in [1.82, 2.24) is 4.31 Å². The maximum atomic E-state index is 12.5. The molecule has 2 N–H and O–H groups in total. The SMILES string of the molecule is CCN(C1CCCC1CN)S(=O)(=O)C(F)F. The molecule has 0 aromatic carbocycles. The molecule has 0 spiro atoms. The summed E-state index contributed by atoms with van der Waals surface area (Å²) in [5, 5.41) is 0. The molecule has 0 radical (unpaired) electrons. The normalized spacial score (nSPS) is 26.9. The lowest BCUT2D eigenvalue weighted by atomic mass is 10.0. The van der Waals surface area contributed by atoms with Gasteiger partial charge in [-0.05, 0) is 25.3 Å². The predicted octanol–water partition coefficient (Wildman–Crippen LogP) is 0.988. The quantitative estimate of drug-likeness (QED) is 0.797. The van der Waals surface area contributed by atoms with Crippen LogP contribution in [0.2, 0.25) is 0 Å². The van der Waals surface area contributed by atoms with Crippen molar-refractivity contribution in [2.75, 3.05) is 13.1 Å². The Morgan fingerprint density at radius 2 is 2.06 bits per heavy atom. The van der Waals surface area contributed by atoms with Crippen LogP contribution in [0.5, 0.6) is 0 Å². The summed E-state index contributed by atoms with van der Waals surface area (Å²) < 4.78 is 48.8. The van der Waals surface area contributed by atoms with Crippen molar-refractivity contribution in [2.45, 2.75) is 38.0 Å². The summed E-state index contributed by atoms with van der Waals surface area (Å²) in [5.74, 6) is -3.33. The molecule has 0 saturated heterocycles. The van der Waals surface area contributed by atoms with E-state index in [1.807, 2.05) is 0 Å². The molecular formula is C9H18F2N2O2S. The van der Waals surface area contributed by atoms with Crippen LogP contribution in [0, 0.1) is 5.92 Å². The van der Waals surface area contributed by atoms with Crippen molar-refractivity contribution < 1.29 is 17.2 Å². The van der Waals surface area contributed by atoms with E-state index in [1.165, 1.54) is 0 Å². The molecule has 0 aromatic rings. The highest BCUT2D eigenvalue weighted by molar-refractivity contribution is 7.89. The fourth-order valence-corrected chi connectivity index (χ4v) is 3.60. The number of alkyl halides is 2. The molecule has 2 unspecified atom stereocenters. The highest BCUT2D eigenvalue weighted by atomic mass is 32.2. The zero-order chi connectivity index (χ0) is 12.3. The van der Waals surface area contributed by atoms with Crippen LogP contribution in [-0.4, -0.2) is 37.6 Å². The maximum Gasteiger partial charge on any atom is 0.350 e. The van der Waals surface area contributed by atoms with Crippen LogP contribution in [-0.2, 0) is 10.0 Å². The molecule has 96 valence electrons. The van der Waals surface area contributed by atoms with Gasteiger partial charge in [0.05, 0.1) is 0 Å². The lowest BCUT2D eigenvalue weighted by Crippen LogP contribution is -2.46. The van der Waals surface area contributed by atoms with E-state index in [4.69, 9.17) is 5.73 Å². The summed E-state index contributed by atoms with van der Waals surface area (Å²) in [7, 11) is -4.47. The van der Waals surface area contributed by atoms with Crippen LogP contribution in [0.15, 0.2) is 0 Å². The summed E-state index contributed by atoms with van der Waals surface area (Å²) in [6.07, 6.45) is 2.29. The van der Waals surface area contributed by atoms with E-state index < -0.39 is 15.8 Å². The largest absolute Gasteiger partial charge is 0.350 e. The summed E-state index contributed by atoms with van der Waals surface area (Å²) in [5.41, 5.74) is 5.53. The third-order valence-electron chi connectivity index (χ3n) is 3.16. The van der Waals surface area contributed by atoms with E-state index >= 15 is 0 Å². The first kappa shape index (κ1) is 13.8. The van der Waals surface area contributed by atoms with Gasteiger partial charge in [-0.25, -0.2) is 8.42 Å². The monoisotopic (exact) mass is 256 g/mol. The van der Waals surface area contributed by atoms with Gasteiger partial charge in [0.1, 0.15) is 0 Å². The summed E-state index contributed by atoms with van der Waals surface area (Å²) >= 11 is 0. The number of nitrogens with zero attached hydrogens (tertiary/aromatic N) is 1. The van der Waals surface area contributed by atoms with Crippen LogP contribution in [0.1, 0.15) is 26.2 Å². The predicted molar refractivity (Wildman–Crippen MR) is 57.5 cm³/mol. The van der Waals surface area contributed by atoms with Gasteiger partial charge in [-0.2, -0.15) is 13.1 Å². The van der Waals surface area contributed by atoms with Crippen molar-refractivity contribution in [3.63, 3.8) is 0 Å². The van der Waals surface area contributed by atoms with E-state index in [9.17, 15) is 17.2 Å². The van der Waals surface area contributed by atoms with E-state index in [0.717, 1.165) is 17.1 Å². The Hall–Kier alpha value is -0.270. The molecule has 1 aliphatic rings. The van der Waals surface area contributed by atoms with E-state index in [1.54, 1.807) is 6.92 Å². The average Bonchev–Trinajstić information content (AvgIpc) is 2.66. The molecule has 1 saturated carbocycles. The second-order valence-electron chi connectivity index (χ2n) is 4.00. The van der Waals surface area contributed by atoms with Gasteiger partial charge in [-0.15, -0.1) is 0 Å². The van der Waals surface area contributed by atoms with Gasteiger partial charge in [0.25, 0.3) is 10.0 Å². The van der Waals surface area contributed by atoms with Gasteiger partial charge in [-0.1, -0.05) is 13.3 Å². The second-order valence-corrected chi connectivity index (χ2v) is 5.86.